The average molecular weight is 273 g/mol. The van der Waals surface area contributed by atoms with Gasteiger partial charge in [-0.25, -0.2) is 4.79 Å². The Morgan fingerprint density at radius 1 is 1.68 bits per heavy atom. The lowest BCUT2D eigenvalue weighted by Gasteiger charge is -2.29. The molecule has 0 bridgehead atoms. The minimum Gasteiger partial charge on any atom is -0.394 e. The van der Waals surface area contributed by atoms with Crippen LogP contribution in [0.1, 0.15) is 6.23 Å². The van der Waals surface area contributed by atoms with Crippen molar-refractivity contribution in [1.29, 1.82) is 0 Å². The summed E-state index contributed by atoms with van der Waals surface area (Å²) in [5.41, 5.74) is 4.59. The van der Waals surface area contributed by atoms with Crippen molar-refractivity contribution in [3.05, 3.63) is 22.7 Å². The summed E-state index contributed by atoms with van der Waals surface area (Å²) in [5, 5.41) is 29.2. The Morgan fingerprint density at radius 3 is 2.89 bits per heavy atom. The molecule has 1 aromatic rings. The maximum atomic E-state index is 11.7. The molecule has 2 heterocycles. The quantitative estimate of drug-likeness (QED) is 0.440. The lowest BCUT2D eigenvalue weighted by molar-refractivity contribution is -0.265. The van der Waals surface area contributed by atoms with Gasteiger partial charge in [-0.15, -0.1) is 0 Å². The third kappa shape index (κ3) is 2.11. The number of anilines is 1. The molecular weight excluding hydrogens is 258 g/mol. The second-order valence-corrected chi connectivity index (χ2v) is 4.15. The normalized spacial score (nSPS) is 34.6. The number of aliphatic hydroxyl groups is 3. The number of nitrogens with two attached hydrogens (primary N) is 1. The van der Waals surface area contributed by atoms with E-state index in [1.165, 1.54) is 12.3 Å². The second-order valence-electron chi connectivity index (χ2n) is 4.15. The topological polar surface area (TPSA) is 140 Å². The zero-order valence-electron chi connectivity index (χ0n) is 10.1. The summed E-state index contributed by atoms with van der Waals surface area (Å²) in [6, 6.07) is 1.33. The minimum absolute atomic E-state index is 0.0134. The molecule has 0 spiro atoms. The van der Waals surface area contributed by atoms with Crippen molar-refractivity contribution in [3.63, 3.8) is 0 Å². The molecule has 0 amide bonds. The Kier molecular flexibility index (Phi) is 3.56. The Morgan fingerprint density at radius 2 is 2.37 bits per heavy atom. The van der Waals surface area contributed by atoms with Crippen molar-refractivity contribution in [3.8, 4) is 0 Å². The van der Waals surface area contributed by atoms with Gasteiger partial charge in [0.1, 0.15) is 18.0 Å². The third-order valence-electron chi connectivity index (χ3n) is 3.04. The average Bonchev–Trinajstić information content (AvgIpc) is 2.63. The Labute approximate surface area is 107 Å². The fraction of sp³-hybridized carbons (Fsp3) is 0.600. The van der Waals surface area contributed by atoms with Gasteiger partial charge in [0.15, 0.2) is 6.23 Å². The first-order valence-electron chi connectivity index (χ1n) is 5.50. The SMILES string of the molecule is CO[C@@]1(O)[C@H](O)[C@@H](CO)O[C@H]1n1ccc(N)nc1=O. The van der Waals surface area contributed by atoms with E-state index in [1.54, 1.807) is 0 Å². The van der Waals surface area contributed by atoms with Crippen molar-refractivity contribution >= 4 is 5.82 Å². The monoisotopic (exact) mass is 273 g/mol. The van der Waals surface area contributed by atoms with Crippen LogP contribution in [0, 0.1) is 0 Å². The van der Waals surface area contributed by atoms with Gasteiger partial charge in [-0.1, -0.05) is 0 Å². The molecule has 0 aliphatic carbocycles. The highest BCUT2D eigenvalue weighted by molar-refractivity contribution is 5.23. The van der Waals surface area contributed by atoms with E-state index in [0.29, 0.717) is 0 Å². The number of aromatic nitrogens is 2. The Bertz CT molecular complexity index is 520. The van der Waals surface area contributed by atoms with Crippen LogP contribution in [0.2, 0.25) is 0 Å². The highest BCUT2D eigenvalue weighted by Crippen LogP contribution is 2.38. The fourth-order valence-electron chi connectivity index (χ4n) is 1.98. The first-order valence-corrected chi connectivity index (χ1v) is 5.50. The molecule has 4 atom stereocenters. The number of rotatable bonds is 3. The molecule has 0 unspecified atom stereocenters. The van der Waals surface area contributed by atoms with Crippen LogP contribution >= 0.6 is 0 Å². The van der Waals surface area contributed by atoms with Crippen LogP contribution in [0.15, 0.2) is 17.1 Å². The largest absolute Gasteiger partial charge is 0.394 e. The predicted molar refractivity (Wildman–Crippen MR) is 61.9 cm³/mol. The molecule has 5 N–H and O–H groups in total. The third-order valence-corrected chi connectivity index (χ3v) is 3.04. The number of hydrogen-bond donors (Lipinski definition) is 4. The van der Waals surface area contributed by atoms with Gasteiger partial charge >= 0.3 is 5.69 Å². The number of hydrogen-bond acceptors (Lipinski definition) is 8. The summed E-state index contributed by atoms with van der Waals surface area (Å²) in [7, 11) is 1.15. The summed E-state index contributed by atoms with van der Waals surface area (Å²) in [4.78, 5) is 15.2. The molecule has 0 aromatic carbocycles. The van der Waals surface area contributed by atoms with Crippen molar-refractivity contribution in [2.24, 2.45) is 0 Å². The number of ether oxygens (including phenoxy) is 2. The molecule has 1 aromatic heterocycles. The highest BCUT2D eigenvalue weighted by atomic mass is 16.7. The van der Waals surface area contributed by atoms with Crippen LogP contribution in [0.3, 0.4) is 0 Å². The van der Waals surface area contributed by atoms with Crippen molar-refractivity contribution in [1.82, 2.24) is 9.55 Å². The van der Waals surface area contributed by atoms with E-state index < -0.39 is 36.5 Å². The molecule has 0 saturated carbocycles. The van der Waals surface area contributed by atoms with E-state index in [9.17, 15) is 15.0 Å². The van der Waals surface area contributed by atoms with Gasteiger partial charge in [-0.05, 0) is 6.07 Å². The van der Waals surface area contributed by atoms with Crippen molar-refractivity contribution in [2.45, 2.75) is 24.2 Å². The van der Waals surface area contributed by atoms with E-state index in [-0.39, 0.29) is 5.82 Å². The van der Waals surface area contributed by atoms with Gasteiger partial charge in [0.25, 0.3) is 0 Å². The molecule has 106 valence electrons. The smallest absolute Gasteiger partial charge is 0.351 e. The van der Waals surface area contributed by atoms with E-state index >= 15 is 0 Å². The summed E-state index contributed by atoms with van der Waals surface area (Å²) in [6.45, 7) is -0.541. The summed E-state index contributed by atoms with van der Waals surface area (Å²) < 4.78 is 11.0. The van der Waals surface area contributed by atoms with Gasteiger partial charge in [-0.2, -0.15) is 4.98 Å². The maximum Gasteiger partial charge on any atom is 0.351 e. The van der Waals surface area contributed by atoms with Crippen LogP contribution in [-0.2, 0) is 9.47 Å². The molecule has 1 aliphatic rings. The van der Waals surface area contributed by atoms with Crippen LogP contribution in [-0.4, -0.2) is 56.6 Å². The van der Waals surface area contributed by atoms with Gasteiger partial charge in [0.2, 0.25) is 5.79 Å². The number of methoxy groups -OCH3 is 1. The summed E-state index contributed by atoms with van der Waals surface area (Å²) in [6.07, 6.45) is -2.69. The molecule has 2 rings (SSSR count). The van der Waals surface area contributed by atoms with Crippen LogP contribution in [0.25, 0.3) is 0 Å². The fourth-order valence-corrected chi connectivity index (χ4v) is 1.98. The molecular formula is C10H15N3O6. The van der Waals surface area contributed by atoms with E-state index in [0.717, 1.165) is 11.7 Å². The number of aliphatic hydroxyl groups excluding tert-OH is 2. The standard InChI is InChI=1S/C10H15N3O6/c1-18-10(17)7(15)5(4-14)19-8(10)13-3-2-6(11)12-9(13)16/h2-3,5,7-8,14-15,17H,4H2,1H3,(H2,11,12,16)/t5-,7-,8-,10+/m1/s1. The number of nitrogen functional groups attached to an aromatic ring is 1. The van der Waals surface area contributed by atoms with Gasteiger partial charge in [0.05, 0.1) is 6.61 Å². The van der Waals surface area contributed by atoms with Crippen LogP contribution in [0.5, 0.6) is 0 Å². The zero-order valence-corrected chi connectivity index (χ0v) is 10.1. The highest BCUT2D eigenvalue weighted by Gasteiger charge is 2.57. The van der Waals surface area contributed by atoms with Gasteiger partial charge in [-0.3, -0.25) is 4.57 Å². The van der Waals surface area contributed by atoms with Crippen LogP contribution in [0.4, 0.5) is 5.82 Å². The second kappa shape index (κ2) is 4.87. The molecule has 9 nitrogen and oxygen atoms in total. The Balaban J connectivity index is 2.45. The summed E-state index contributed by atoms with van der Waals surface area (Å²) >= 11 is 0. The first kappa shape index (κ1) is 13.9. The molecule has 1 aliphatic heterocycles. The molecule has 19 heavy (non-hydrogen) atoms. The Hall–Kier alpha value is -1.52. The van der Waals surface area contributed by atoms with Crippen molar-refractivity contribution < 1.29 is 24.8 Å². The van der Waals surface area contributed by atoms with E-state index in [1.807, 2.05) is 0 Å². The molecule has 9 heteroatoms. The first-order chi connectivity index (χ1) is 8.93. The van der Waals surface area contributed by atoms with Crippen molar-refractivity contribution in [2.75, 3.05) is 19.5 Å². The lowest BCUT2D eigenvalue weighted by Crippen LogP contribution is -2.50. The van der Waals surface area contributed by atoms with Crippen LogP contribution < -0.4 is 11.4 Å². The minimum atomic E-state index is -2.17. The van der Waals surface area contributed by atoms with Gasteiger partial charge in [0, 0.05) is 13.3 Å². The zero-order chi connectivity index (χ0) is 14.2. The van der Waals surface area contributed by atoms with E-state index in [4.69, 9.17) is 20.3 Å². The lowest BCUT2D eigenvalue weighted by atomic mass is 10.1. The number of nitrogens with zero attached hydrogens (tertiary/aromatic N) is 2. The predicted octanol–water partition coefficient (Wildman–Crippen LogP) is -2.59. The van der Waals surface area contributed by atoms with E-state index in [2.05, 4.69) is 4.98 Å². The summed E-state index contributed by atoms with van der Waals surface area (Å²) in [5.74, 6) is -2.16. The van der Waals surface area contributed by atoms with Gasteiger partial charge < -0.3 is 30.5 Å². The maximum absolute atomic E-state index is 11.7. The molecule has 0 radical (unpaired) electrons. The molecule has 1 saturated heterocycles. The molecule has 1 fully saturated rings.